The number of benzene rings is 1. The highest BCUT2D eigenvalue weighted by Gasteiger charge is 2.20. The van der Waals surface area contributed by atoms with Gasteiger partial charge in [0.2, 0.25) is 0 Å². The maximum absolute atomic E-state index is 10.1. The Morgan fingerprint density at radius 2 is 2.00 bits per heavy atom. The van der Waals surface area contributed by atoms with E-state index in [1.807, 2.05) is 18.2 Å². The van der Waals surface area contributed by atoms with Crippen LogP contribution in [0.1, 0.15) is 30.9 Å². The van der Waals surface area contributed by atoms with Gasteiger partial charge in [0.05, 0.1) is 6.10 Å². The lowest BCUT2D eigenvalue weighted by molar-refractivity contribution is 0.163. The highest BCUT2D eigenvalue weighted by atomic mass is 16.6. The molecule has 104 valence electrons. The Morgan fingerprint density at radius 3 is 2.79 bits per heavy atom. The molecule has 2 aliphatic rings. The molecule has 1 aliphatic heterocycles. The van der Waals surface area contributed by atoms with E-state index in [0.29, 0.717) is 19.8 Å². The van der Waals surface area contributed by atoms with Crippen LogP contribution >= 0.6 is 0 Å². The Morgan fingerprint density at radius 1 is 1.21 bits per heavy atom. The second-order valence-corrected chi connectivity index (χ2v) is 5.36. The molecule has 4 heteroatoms. The third-order valence-corrected chi connectivity index (χ3v) is 3.71. The molecule has 2 N–H and O–H groups in total. The third kappa shape index (κ3) is 3.39. The molecule has 0 amide bonds. The van der Waals surface area contributed by atoms with E-state index >= 15 is 0 Å². The van der Waals surface area contributed by atoms with Gasteiger partial charge in [0.15, 0.2) is 11.5 Å². The largest absolute Gasteiger partial charge is 0.486 e. The van der Waals surface area contributed by atoms with Gasteiger partial charge in [0.25, 0.3) is 0 Å². The molecule has 0 aromatic heterocycles. The maximum atomic E-state index is 10.1. The minimum absolute atomic E-state index is 0.491. The molecule has 1 aromatic carbocycles. The number of rotatable bonds is 6. The summed E-state index contributed by atoms with van der Waals surface area (Å²) >= 11 is 0. The molecule has 1 unspecified atom stereocenters. The number of aliphatic hydroxyl groups is 1. The molecule has 1 atom stereocenters. The van der Waals surface area contributed by atoms with E-state index in [9.17, 15) is 5.11 Å². The molecule has 1 aliphatic carbocycles. The molecule has 1 aromatic rings. The van der Waals surface area contributed by atoms with Crippen LogP contribution in [0.2, 0.25) is 0 Å². The van der Waals surface area contributed by atoms with Crippen LogP contribution in [-0.2, 0) is 0 Å². The average Bonchev–Trinajstić information content (AvgIpc) is 3.27. The Kier molecular flexibility index (Phi) is 3.89. The number of fused-ring (bicyclic) bond motifs is 1. The summed E-state index contributed by atoms with van der Waals surface area (Å²) in [5.41, 5.74) is 0.878. The van der Waals surface area contributed by atoms with Gasteiger partial charge in [-0.2, -0.15) is 0 Å². The zero-order valence-corrected chi connectivity index (χ0v) is 11.1. The zero-order chi connectivity index (χ0) is 13.1. The highest BCUT2D eigenvalue weighted by molar-refractivity contribution is 5.44. The van der Waals surface area contributed by atoms with Crippen molar-refractivity contribution in [2.45, 2.75) is 25.4 Å². The van der Waals surface area contributed by atoms with Gasteiger partial charge in [0.1, 0.15) is 13.2 Å². The van der Waals surface area contributed by atoms with Crippen LogP contribution in [0, 0.1) is 5.92 Å². The normalized spacial score (nSPS) is 19.2. The van der Waals surface area contributed by atoms with Crippen molar-refractivity contribution in [3.8, 4) is 11.5 Å². The maximum Gasteiger partial charge on any atom is 0.161 e. The summed E-state index contributed by atoms with van der Waals surface area (Å²) in [5.74, 6) is 2.43. The second-order valence-electron chi connectivity index (χ2n) is 5.36. The van der Waals surface area contributed by atoms with Crippen LogP contribution in [0.4, 0.5) is 0 Å². The molecule has 1 fully saturated rings. The topological polar surface area (TPSA) is 50.7 Å². The SMILES string of the molecule is OC(CNCCC1CC1)c1ccc2c(c1)OCCO2. The molecule has 3 rings (SSSR count). The summed E-state index contributed by atoms with van der Waals surface area (Å²) in [6, 6.07) is 5.65. The van der Waals surface area contributed by atoms with Gasteiger partial charge in [-0.1, -0.05) is 18.9 Å². The van der Waals surface area contributed by atoms with Crippen molar-refractivity contribution in [2.24, 2.45) is 5.92 Å². The number of ether oxygens (including phenoxy) is 2. The van der Waals surface area contributed by atoms with Crippen LogP contribution in [0.3, 0.4) is 0 Å². The first-order chi connectivity index (χ1) is 9.33. The fraction of sp³-hybridized carbons (Fsp3) is 0.600. The monoisotopic (exact) mass is 263 g/mol. The molecule has 0 radical (unpaired) electrons. The number of hydrogen-bond donors (Lipinski definition) is 2. The average molecular weight is 263 g/mol. The van der Waals surface area contributed by atoms with Crippen LogP contribution in [0.15, 0.2) is 18.2 Å². The van der Waals surface area contributed by atoms with Crippen LogP contribution in [-0.4, -0.2) is 31.4 Å². The molecule has 0 bridgehead atoms. The summed E-state index contributed by atoms with van der Waals surface area (Å²) in [4.78, 5) is 0. The standard InChI is InChI=1S/C15H21NO3/c17-13(10-16-6-5-11-1-2-11)12-3-4-14-15(9-12)19-8-7-18-14/h3-4,9,11,13,16-17H,1-2,5-8,10H2. The Bertz CT molecular complexity index is 431. The van der Waals surface area contributed by atoms with Gasteiger partial charge in [-0.25, -0.2) is 0 Å². The van der Waals surface area contributed by atoms with Crippen molar-refractivity contribution in [3.05, 3.63) is 23.8 Å². The van der Waals surface area contributed by atoms with Gasteiger partial charge in [0, 0.05) is 6.54 Å². The van der Waals surface area contributed by atoms with E-state index in [1.54, 1.807) is 0 Å². The van der Waals surface area contributed by atoms with Crippen molar-refractivity contribution < 1.29 is 14.6 Å². The van der Waals surface area contributed by atoms with Crippen molar-refractivity contribution >= 4 is 0 Å². The van der Waals surface area contributed by atoms with Crippen molar-refractivity contribution in [1.29, 1.82) is 0 Å². The van der Waals surface area contributed by atoms with Crippen molar-refractivity contribution in [1.82, 2.24) is 5.32 Å². The molecule has 19 heavy (non-hydrogen) atoms. The summed E-state index contributed by atoms with van der Waals surface area (Å²) in [6.07, 6.45) is 3.50. The van der Waals surface area contributed by atoms with E-state index in [2.05, 4.69) is 5.32 Å². The summed E-state index contributed by atoms with van der Waals surface area (Å²) in [7, 11) is 0. The highest BCUT2D eigenvalue weighted by Crippen LogP contribution is 2.33. The van der Waals surface area contributed by atoms with Crippen molar-refractivity contribution in [3.63, 3.8) is 0 Å². The number of hydrogen-bond acceptors (Lipinski definition) is 4. The van der Waals surface area contributed by atoms with Gasteiger partial charge in [-0.05, 0) is 36.6 Å². The molecular weight excluding hydrogens is 242 g/mol. The molecule has 1 saturated carbocycles. The lowest BCUT2D eigenvalue weighted by Gasteiger charge is -2.20. The predicted molar refractivity (Wildman–Crippen MR) is 72.6 cm³/mol. The minimum Gasteiger partial charge on any atom is -0.486 e. The van der Waals surface area contributed by atoms with E-state index in [1.165, 1.54) is 19.3 Å². The first-order valence-corrected chi connectivity index (χ1v) is 7.11. The zero-order valence-electron chi connectivity index (χ0n) is 11.1. The lowest BCUT2D eigenvalue weighted by atomic mass is 10.1. The fourth-order valence-corrected chi connectivity index (χ4v) is 2.34. The van der Waals surface area contributed by atoms with Gasteiger partial charge >= 0.3 is 0 Å². The first-order valence-electron chi connectivity index (χ1n) is 7.11. The quantitative estimate of drug-likeness (QED) is 0.769. The summed E-state index contributed by atoms with van der Waals surface area (Å²) in [6.45, 7) is 2.75. The predicted octanol–water partition coefficient (Wildman–Crippen LogP) is 1.88. The summed E-state index contributed by atoms with van der Waals surface area (Å²) in [5, 5.41) is 13.5. The Hall–Kier alpha value is -1.26. The van der Waals surface area contributed by atoms with Gasteiger partial charge < -0.3 is 19.9 Å². The molecular formula is C15H21NO3. The number of nitrogens with one attached hydrogen (secondary N) is 1. The molecule has 4 nitrogen and oxygen atoms in total. The third-order valence-electron chi connectivity index (χ3n) is 3.71. The second kappa shape index (κ2) is 5.80. The smallest absolute Gasteiger partial charge is 0.161 e. The van der Waals surface area contributed by atoms with Crippen LogP contribution in [0.5, 0.6) is 11.5 Å². The van der Waals surface area contributed by atoms with E-state index in [-0.39, 0.29) is 0 Å². The number of aliphatic hydroxyl groups excluding tert-OH is 1. The minimum atomic E-state index is -0.491. The van der Waals surface area contributed by atoms with E-state index in [0.717, 1.165) is 29.5 Å². The molecule has 0 saturated heterocycles. The van der Waals surface area contributed by atoms with E-state index < -0.39 is 6.10 Å². The Balaban J connectivity index is 1.51. The van der Waals surface area contributed by atoms with E-state index in [4.69, 9.17) is 9.47 Å². The molecule has 0 spiro atoms. The molecule has 1 heterocycles. The fourth-order valence-electron chi connectivity index (χ4n) is 2.34. The summed E-state index contributed by atoms with van der Waals surface area (Å²) < 4.78 is 11.0. The van der Waals surface area contributed by atoms with Crippen molar-refractivity contribution in [2.75, 3.05) is 26.3 Å². The van der Waals surface area contributed by atoms with Gasteiger partial charge in [-0.3, -0.25) is 0 Å². The van der Waals surface area contributed by atoms with Gasteiger partial charge in [-0.15, -0.1) is 0 Å². The lowest BCUT2D eigenvalue weighted by Crippen LogP contribution is -2.23. The first kappa shape index (κ1) is 12.8. The Labute approximate surface area is 113 Å². The van der Waals surface area contributed by atoms with Crippen LogP contribution < -0.4 is 14.8 Å². The van der Waals surface area contributed by atoms with Crippen LogP contribution in [0.25, 0.3) is 0 Å².